The SMILES string of the molecule is O=C(CC12CC3CC(C1)CC(c1ccccc1)(C3)C2)NCC(=O)N1CCN(Cc2ccccc2)CC1. The molecule has 5 nitrogen and oxygen atoms in total. The minimum atomic E-state index is 0.0500. The van der Waals surface area contributed by atoms with Crippen molar-refractivity contribution in [2.24, 2.45) is 17.3 Å². The van der Waals surface area contributed by atoms with E-state index in [4.69, 9.17) is 0 Å². The number of carbonyl (C=O) groups excluding carboxylic acids is 2. The van der Waals surface area contributed by atoms with Gasteiger partial charge in [0.2, 0.25) is 11.8 Å². The number of hydrogen-bond donors (Lipinski definition) is 1. The number of rotatable bonds is 7. The van der Waals surface area contributed by atoms with Gasteiger partial charge in [-0.3, -0.25) is 14.5 Å². The molecule has 0 radical (unpaired) electrons. The van der Waals surface area contributed by atoms with E-state index >= 15 is 0 Å². The van der Waals surface area contributed by atoms with Gasteiger partial charge in [-0.1, -0.05) is 60.7 Å². The highest BCUT2D eigenvalue weighted by Crippen LogP contribution is 2.66. The maximum atomic E-state index is 13.1. The first-order chi connectivity index (χ1) is 17.5. The Kier molecular flexibility index (Phi) is 6.37. The molecule has 1 N–H and O–H groups in total. The molecule has 2 amide bonds. The van der Waals surface area contributed by atoms with Gasteiger partial charge in [-0.05, 0) is 72.3 Å². The van der Waals surface area contributed by atoms with Crippen molar-refractivity contribution >= 4 is 11.8 Å². The Labute approximate surface area is 215 Å². The van der Waals surface area contributed by atoms with Crippen molar-refractivity contribution in [3.8, 4) is 0 Å². The minimum Gasteiger partial charge on any atom is -0.347 e. The molecule has 0 spiro atoms. The van der Waals surface area contributed by atoms with E-state index in [1.807, 2.05) is 11.0 Å². The number of nitrogens with one attached hydrogen (secondary N) is 1. The van der Waals surface area contributed by atoms with E-state index in [1.54, 1.807) is 0 Å². The molecule has 7 rings (SSSR count). The van der Waals surface area contributed by atoms with E-state index in [1.165, 1.54) is 43.2 Å². The van der Waals surface area contributed by atoms with Crippen LogP contribution in [0.1, 0.15) is 56.1 Å². The Morgan fingerprint density at radius 3 is 2.14 bits per heavy atom. The predicted molar refractivity (Wildman–Crippen MR) is 141 cm³/mol. The maximum Gasteiger partial charge on any atom is 0.242 e. The summed E-state index contributed by atoms with van der Waals surface area (Å²) in [4.78, 5) is 30.3. The van der Waals surface area contributed by atoms with Crippen LogP contribution in [0, 0.1) is 17.3 Å². The molecular weight excluding hydrogens is 446 g/mol. The third kappa shape index (κ3) is 4.82. The summed E-state index contributed by atoms with van der Waals surface area (Å²) in [7, 11) is 0. The van der Waals surface area contributed by atoms with Gasteiger partial charge < -0.3 is 10.2 Å². The summed E-state index contributed by atoms with van der Waals surface area (Å²) in [5.41, 5.74) is 3.14. The molecule has 5 aliphatic rings. The fourth-order valence-corrected chi connectivity index (χ4v) is 8.47. The fraction of sp³-hybridized carbons (Fsp3) is 0.548. The van der Waals surface area contributed by atoms with Crippen LogP contribution in [0.3, 0.4) is 0 Å². The smallest absolute Gasteiger partial charge is 0.242 e. The summed E-state index contributed by atoms with van der Waals surface area (Å²) in [5.74, 6) is 1.60. The number of amides is 2. The van der Waals surface area contributed by atoms with E-state index in [0.29, 0.717) is 6.42 Å². The highest BCUT2D eigenvalue weighted by atomic mass is 16.2. The lowest BCUT2D eigenvalue weighted by Gasteiger charge is -2.62. The first-order valence-corrected chi connectivity index (χ1v) is 13.9. The van der Waals surface area contributed by atoms with E-state index in [9.17, 15) is 9.59 Å². The molecule has 5 heteroatoms. The summed E-state index contributed by atoms with van der Waals surface area (Å²) in [6.07, 6.45) is 7.98. The standard InChI is InChI=1S/C31H39N3O2/c35-28(32-21-29(36)34-13-11-33(12-14-34)22-24-7-3-1-4-8-24)20-30-16-25-15-26(17-30)19-31(18-25,23-30)27-9-5-2-6-10-27/h1-10,25-26H,11-23H2,(H,32,35). The van der Waals surface area contributed by atoms with Crippen LogP contribution >= 0.6 is 0 Å². The number of nitrogens with zero attached hydrogens (tertiary/aromatic N) is 2. The van der Waals surface area contributed by atoms with E-state index in [-0.39, 0.29) is 29.2 Å². The average Bonchev–Trinajstić information content (AvgIpc) is 2.88. The highest BCUT2D eigenvalue weighted by molar-refractivity contribution is 5.85. The third-order valence-corrected chi connectivity index (χ3v) is 9.51. The van der Waals surface area contributed by atoms with Gasteiger partial charge in [0.05, 0.1) is 6.54 Å². The van der Waals surface area contributed by atoms with Gasteiger partial charge in [0.25, 0.3) is 0 Å². The summed E-state index contributed by atoms with van der Waals surface area (Å²) < 4.78 is 0. The molecule has 2 aromatic carbocycles. The first-order valence-electron chi connectivity index (χ1n) is 13.9. The van der Waals surface area contributed by atoms with Crippen LogP contribution in [0.4, 0.5) is 0 Å². The number of carbonyl (C=O) groups is 2. The van der Waals surface area contributed by atoms with E-state index in [2.05, 4.69) is 64.8 Å². The van der Waals surface area contributed by atoms with Crippen molar-refractivity contribution in [2.75, 3.05) is 32.7 Å². The van der Waals surface area contributed by atoms with Crippen LogP contribution in [-0.2, 0) is 21.5 Å². The van der Waals surface area contributed by atoms with Crippen molar-refractivity contribution in [3.05, 3.63) is 71.8 Å². The lowest BCUT2D eigenvalue weighted by Crippen LogP contribution is -2.55. The molecule has 1 aliphatic heterocycles. The molecule has 2 atom stereocenters. The largest absolute Gasteiger partial charge is 0.347 e. The van der Waals surface area contributed by atoms with Crippen molar-refractivity contribution in [2.45, 2.75) is 56.9 Å². The lowest BCUT2D eigenvalue weighted by molar-refractivity contribution is -0.137. The summed E-state index contributed by atoms with van der Waals surface area (Å²) in [6.45, 7) is 4.27. The van der Waals surface area contributed by atoms with Crippen molar-refractivity contribution < 1.29 is 9.59 Å². The second-order valence-electron chi connectivity index (χ2n) is 12.2. The quantitative estimate of drug-likeness (QED) is 0.634. The second kappa shape index (κ2) is 9.66. The molecule has 4 bridgehead atoms. The minimum absolute atomic E-state index is 0.0500. The molecule has 2 unspecified atom stereocenters. The maximum absolute atomic E-state index is 13.1. The molecule has 2 aromatic rings. The highest BCUT2D eigenvalue weighted by Gasteiger charge is 2.58. The second-order valence-corrected chi connectivity index (χ2v) is 12.2. The molecule has 5 fully saturated rings. The average molecular weight is 486 g/mol. The first kappa shape index (κ1) is 23.7. The summed E-state index contributed by atoms with van der Waals surface area (Å²) in [6, 6.07) is 21.5. The molecule has 36 heavy (non-hydrogen) atoms. The fourth-order valence-electron chi connectivity index (χ4n) is 8.47. The molecule has 0 aromatic heterocycles. The van der Waals surface area contributed by atoms with Crippen LogP contribution in [-0.4, -0.2) is 54.3 Å². The van der Waals surface area contributed by atoms with Crippen LogP contribution < -0.4 is 5.32 Å². The van der Waals surface area contributed by atoms with Gasteiger partial charge in [-0.15, -0.1) is 0 Å². The Bertz CT molecular complexity index is 1060. The zero-order chi connectivity index (χ0) is 24.6. The lowest BCUT2D eigenvalue weighted by atomic mass is 9.42. The van der Waals surface area contributed by atoms with E-state index in [0.717, 1.165) is 51.0 Å². The Morgan fingerprint density at radius 1 is 0.833 bits per heavy atom. The van der Waals surface area contributed by atoms with Gasteiger partial charge in [0.15, 0.2) is 0 Å². The van der Waals surface area contributed by atoms with Gasteiger partial charge in [0, 0.05) is 39.1 Å². The van der Waals surface area contributed by atoms with Gasteiger partial charge in [-0.2, -0.15) is 0 Å². The monoisotopic (exact) mass is 485 g/mol. The third-order valence-electron chi connectivity index (χ3n) is 9.51. The molecule has 4 aliphatic carbocycles. The van der Waals surface area contributed by atoms with E-state index < -0.39 is 0 Å². The topological polar surface area (TPSA) is 52.7 Å². The number of hydrogen-bond acceptors (Lipinski definition) is 3. The summed E-state index contributed by atoms with van der Waals surface area (Å²) >= 11 is 0. The Balaban J connectivity index is 1.01. The van der Waals surface area contributed by atoms with Crippen molar-refractivity contribution in [1.82, 2.24) is 15.1 Å². The normalized spacial score (nSPS) is 31.4. The number of benzene rings is 2. The molecule has 1 saturated heterocycles. The van der Waals surface area contributed by atoms with Gasteiger partial charge >= 0.3 is 0 Å². The zero-order valence-corrected chi connectivity index (χ0v) is 21.3. The summed E-state index contributed by atoms with van der Waals surface area (Å²) in [5, 5.41) is 3.01. The van der Waals surface area contributed by atoms with Gasteiger partial charge in [-0.25, -0.2) is 0 Å². The van der Waals surface area contributed by atoms with Crippen LogP contribution in [0.2, 0.25) is 0 Å². The van der Waals surface area contributed by atoms with Crippen LogP contribution in [0.25, 0.3) is 0 Å². The predicted octanol–water partition coefficient (Wildman–Crippen LogP) is 4.38. The Hall–Kier alpha value is -2.66. The molecule has 4 saturated carbocycles. The van der Waals surface area contributed by atoms with Crippen molar-refractivity contribution in [3.63, 3.8) is 0 Å². The van der Waals surface area contributed by atoms with Gasteiger partial charge in [0.1, 0.15) is 0 Å². The zero-order valence-electron chi connectivity index (χ0n) is 21.3. The van der Waals surface area contributed by atoms with Crippen LogP contribution in [0.5, 0.6) is 0 Å². The van der Waals surface area contributed by atoms with Crippen LogP contribution in [0.15, 0.2) is 60.7 Å². The molecular formula is C31H39N3O2. The van der Waals surface area contributed by atoms with Crippen molar-refractivity contribution in [1.29, 1.82) is 0 Å². The molecule has 190 valence electrons. The molecule has 1 heterocycles. The number of piperazine rings is 1. The Morgan fingerprint density at radius 2 is 1.47 bits per heavy atom.